The van der Waals surface area contributed by atoms with E-state index in [4.69, 9.17) is 0 Å². The fourth-order valence-electron chi connectivity index (χ4n) is 4.42. The quantitative estimate of drug-likeness (QED) is 0.792. The lowest BCUT2D eigenvalue weighted by molar-refractivity contribution is 0.0696. The molecule has 6 nitrogen and oxygen atoms in total. The first-order valence-corrected chi connectivity index (χ1v) is 11.4. The fourth-order valence-corrected chi connectivity index (χ4v) is 6.00. The van der Waals surface area contributed by atoms with Crippen LogP contribution in [-0.4, -0.2) is 36.9 Å². The smallest absolute Gasteiger partial charge is 0.335 e. The van der Waals surface area contributed by atoms with Crippen molar-refractivity contribution in [2.45, 2.75) is 44.0 Å². The van der Waals surface area contributed by atoms with Crippen LogP contribution in [-0.2, 0) is 16.4 Å². The zero-order chi connectivity index (χ0) is 20.8. The molecule has 154 valence electrons. The largest absolute Gasteiger partial charge is 0.478 e. The summed E-state index contributed by atoms with van der Waals surface area (Å²) in [5.74, 6) is -0.937. The van der Waals surface area contributed by atoms with Gasteiger partial charge in [0.1, 0.15) is 0 Å². The van der Waals surface area contributed by atoms with E-state index >= 15 is 0 Å². The summed E-state index contributed by atoms with van der Waals surface area (Å²) in [6.45, 7) is 5.39. The summed E-state index contributed by atoms with van der Waals surface area (Å²) in [7, 11) is -3.47. The molecule has 29 heavy (non-hydrogen) atoms. The van der Waals surface area contributed by atoms with Crippen LogP contribution in [0.4, 0.5) is 5.69 Å². The van der Waals surface area contributed by atoms with Crippen molar-refractivity contribution in [2.24, 2.45) is 5.41 Å². The van der Waals surface area contributed by atoms with Crippen LogP contribution < -0.4 is 5.32 Å². The average Bonchev–Trinajstić information content (AvgIpc) is 3.22. The van der Waals surface area contributed by atoms with Crippen molar-refractivity contribution in [1.29, 1.82) is 0 Å². The summed E-state index contributed by atoms with van der Waals surface area (Å²) < 4.78 is 27.5. The molecule has 2 aromatic carbocycles. The second kappa shape index (κ2) is 7.15. The average molecular weight is 415 g/mol. The Labute approximate surface area is 171 Å². The molecule has 0 spiro atoms. The number of aromatic carboxylic acids is 1. The van der Waals surface area contributed by atoms with E-state index in [-0.39, 0.29) is 17.0 Å². The van der Waals surface area contributed by atoms with E-state index in [0.29, 0.717) is 24.4 Å². The Morgan fingerprint density at radius 2 is 1.86 bits per heavy atom. The molecule has 4 rings (SSSR count). The summed E-state index contributed by atoms with van der Waals surface area (Å²) in [6.07, 6.45) is 2.51. The van der Waals surface area contributed by atoms with Crippen LogP contribution in [0.2, 0.25) is 0 Å². The standard InChI is InChI=1S/C22H26N2O4S/c1-22(2)14-17-12-16(21(25)26)8-9-19(17)23-20(22)15-6-5-7-18(13-15)29(27,28)24-10-3-4-11-24/h5-9,12-13,20,23H,3-4,10-11,14H2,1-2H3,(H,25,26). The first kappa shape index (κ1) is 19.9. The molecule has 2 aliphatic heterocycles. The van der Waals surface area contributed by atoms with Gasteiger partial charge in [0.15, 0.2) is 0 Å². The topological polar surface area (TPSA) is 86.7 Å². The van der Waals surface area contributed by atoms with Crippen LogP contribution in [0.25, 0.3) is 0 Å². The highest BCUT2D eigenvalue weighted by Crippen LogP contribution is 2.45. The minimum Gasteiger partial charge on any atom is -0.478 e. The number of rotatable bonds is 4. The van der Waals surface area contributed by atoms with Gasteiger partial charge < -0.3 is 10.4 Å². The zero-order valence-electron chi connectivity index (χ0n) is 16.7. The van der Waals surface area contributed by atoms with Crippen molar-refractivity contribution >= 4 is 21.7 Å². The number of hydrogen-bond acceptors (Lipinski definition) is 4. The number of hydrogen-bond donors (Lipinski definition) is 2. The molecular formula is C22H26N2O4S. The zero-order valence-corrected chi connectivity index (χ0v) is 17.5. The number of carboxylic acid groups (broad SMARTS) is 1. The lowest BCUT2D eigenvalue weighted by Gasteiger charge is -2.41. The van der Waals surface area contributed by atoms with Gasteiger partial charge in [0, 0.05) is 18.8 Å². The van der Waals surface area contributed by atoms with Crippen LogP contribution in [0.5, 0.6) is 0 Å². The van der Waals surface area contributed by atoms with Crippen LogP contribution >= 0.6 is 0 Å². The maximum atomic E-state index is 13.0. The molecule has 1 fully saturated rings. The van der Waals surface area contributed by atoms with E-state index in [0.717, 1.165) is 29.7 Å². The number of benzene rings is 2. The number of nitrogens with one attached hydrogen (secondary N) is 1. The summed E-state index contributed by atoms with van der Waals surface area (Å²) in [6, 6.07) is 12.2. The maximum absolute atomic E-state index is 13.0. The van der Waals surface area contributed by atoms with Gasteiger partial charge in [-0.1, -0.05) is 26.0 Å². The molecule has 2 heterocycles. The van der Waals surface area contributed by atoms with Gasteiger partial charge in [-0.3, -0.25) is 0 Å². The molecule has 2 aromatic rings. The Morgan fingerprint density at radius 1 is 1.14 bits per heavy atom. The third-order valence-electron chi connectivity index (χ3n) is 5.97. The molecule has 2 aliphatic rings. The molecule has 1 unspecified atom stereocenters. The molecule has 0 amide bonds. The van der Waals surface area contributed by atoms with Gasteiger partial charge in [-0.05, 0) is 66.1 Å². The van der Waals surface area contributed by atoms with Crippen LogP contribution in [0.1, 0.15) is 54.2 Å². The minimum atomic E-state index is -3.47. The van der Waals surface area contributed by atoms with E-state index in [2.05, 4.69) is 19.2 Å². The van der Waals surface area contributed by atoms with E-state index < -0.39 is 16.0 Å². The summed E-state index contributed by atoms with van der Waals surface area (Å²) in [5.41, 5.74) is 2.83. The number of anilines is 1. The molecule has 7 heteroatoms. The van der Waals surface area contributed by atoms with Gasteiger partial charge in [0.05, 0.1) is 16.5 Å². The van der Waals surface area contributed by atoms with Gasteiger partial charge in [-0.2, -0.15) is 4.31 Å². The number of fused-ring (bicyclic) bond motifs is 1. The fraction of sp³-hybridized carbons (Fsp3) is 0.409. The Hall–Kier alpha value is -2.38. The highest BCUT2D eigenvalue weighted by molar-refractivity contribution is 7.89. The van der Waals surface area contributed by atoms with E-state index in [9.17, 15) is 18.3 Å². The lowest BCUT2D eigenvalue weighted by atomic mass is 9.73. The van der Waals surface area contributed by atoms with Gasteiger partial charge in [0.2, 0.25) is 10.0 Å². The number of carboxylic acids is 1. The third kappa shape index (κ3) is 3.65. The Balaban J connectivity index is 1.69. The molecule has 0 radical (unpaired) electrons. The molecule has 1 atom stereocenters. The highest BCUT2D eigenvalue weighted by Gasteiger charge is 2.37. The van der Waals surface area contributed by atoms with E-state index in [1.807, 2.05) is 6.07 Å². The van der Waals surface area contributed by atoms with Gasteiger partial charge in [-0.25, -0.2) is 13.2 Å². The second-order valence-electron chi connectivity index (χ2n) is 8.60. The van der Waals surface area contributed by atoms with Crippen molar-refractivity contribution in [3.05, 3.63) is 59.2 Å². The van der Waals surface area contributed by atoms with Gasteiger partial charge in [-0.15, -0.1) is 0 Å². The molecule has 0 bridgehead atoms. The number of carbonyl (C=O) groups is 1. The summed E-state index contributed by atoms with van der Waals surface area (Å²) in [5, 5.41) is 12.8. The Morgan fingerprint density at radius 3 is 2.55 bits per heavy atom. The summed E-state index contributed by atoms with van der Waals surface area (Å²) >= 11 is 0. The predicted octanol–water partition coefficient (Wildman–Crippen LogP) is 3.90. The minimum absolute atomic E-state index is 0.0839. The van der Waals surface area contributed by atoms with Crippen molar-refractivity contribution in [2.75, 3.05) is 18.4 Å². The Kier molecular flexibility index (Phi) is 4.91. The van der Waals surface area contributed by atoms with Crippen molar-refractivity contribution in [1.82, 2.24) is 4.31 Å². The maximum Gasteiger partial charge on any atom is 0.335 e. The highest BCUT2D eigenvalue weighted by atomic mass is 32.2. The SMILES string of the molecule is CC1(C)Cc2cc(C(=O)O)ccc2NC1c1cccc(S(=O)(=O)N2CCCC2)c1. The van der Waals surface area contributed by atoms with Crippen LogP contribution in [0.3, 0.4) is 0 Å². The first-order valence-electron chi connectivity index (χ1n) is 9.91. The lowest BCUT2D eigenvalue weighted by Crippen LogP contribution is -2.35. The molecule has 0 aromatic heterocycles. The molecule has 2 N–H and O–H groups in total. The molecule has 0 saturated carbocycles. The van der Waals surface area contributed by atoms with Gasteiger partial charge in [0.25, 0.3) is 0 Å². The van der Waals surface area contributed by atoms with E-state index in [1.165, 1.54) is 0 Å². The van der Waals surface area contributed by atoms with Crippen molar-refractivity contribution in [3.8, 4) is 0 Å². The third-order valence-corrected chi connectivity index (χ3v) is 7.87. The second-order valence-corrected chi connectivity index (χ2v) is 10.5. The monoisotopic (exact) mass is 414 g/mol. The summed E-state index contributed by atoms with van der Waals surface area (Å²) in [4.78, 5) is 11.6. The van der Waals surface area contributed by atoms with Crippen LogP contribution in [0, 0.1) is 5.41 Å². The number of sulfonamides is 1. The normalized spacial score (nSPS) is 21.4. The Bertz CT molecular complexity index is 1060. The molecular weight excluding hydrogens is 388 g/mol. The molecule has 0 aliphatic carbocycles. The van der Waals surface area contributed by atoms with Crippen LogP contribution in [0.15, 0.2) is 47.4 Å². The van der Waals surface area contributed by atoms with Crippen molar-refractivity contribution in [3.63, 3.8) is 0 Å². The van der Waals surface area contributed by atoms with Crippen molar-refractivity contribution < 1.29 is 18.3 Å². The predicted molar refractivity (Wildman–Crippen MR) is 112 cm³/mol. The van der Waals surface area contributed by atoms with Gasteiger partial charge >= 0.3 is 5.97 Å². The first-order chi connectivity index (χ1) is 13.7. The number of nitrogens with zero attached hydrogens (tertiary/aromatic N) is 1. The van der Waals surface area contributed by atoms with E-state index in [1.54, 1.807) is 40.7 Å². The molecule has 1 saturated heterocycles.